The van der Waals surface area contributed by atoms with Gasteiger partial charge in [0.1, 0.15) is 0 Å². The van der Waals surface area contributed by atoms with Crippen LogP contribution in [0.5, 0.6) is 0 Å². The molecule has 0 bridgehead atoms. The fourth-order valence-electron chi connectivity index (χ4n) is 2.12. The van der Waals surface area contributed by atoms with Crippen molar-refractivity contribution in [2.45, 2.75) is 19.4 Å². The lowest BCUT2D eigenvalue weighted by Crippen LogP contribution is -3.10. The van der Waals surface area contributed by atoms with Crippen LogP contribution in [0.1, 0.15) is 18.4 Å². The van der Waals surface area contributed by atoms with Gasteiger partial charge in [0.05, 0.1) is 20.1 Å². The molecule has 0 aliphatic carbocycles. The summed E-state index contributed by atoms with van der Waals surface area (Å²) in [6.45, 7) is 2.27. The van der Waals surface area contributed by atoms with Crippen molar-refractivity contribution >= 4 is 29.1 Å². The maximum absolute atomic E-state index is 11.7. The summed E-state index contributed by atoms with van der Waals surface area (Å²) >= 11 is 5.78. The Labute approximate surface area is 134 Å². The summed E-state index contributed by atoms with van der Waals surface area (Å²) in [5, 5.41) is 7.20. The molecule has 0 aromatic heterocycles. The number of quaternary nitrogens is 1. The number of amides is 2. The van der Waals surface area contributed by atoms with Crippen molar-refractivity contribution in [3.8, 4) is 0 Å². The highest BCUT2D eigenvalue weighted by Gasteiger charge is 2.16. The van der Waals surface area contributed by atoms with Crippen molar-refractivity contribution < 1.29 is 14.5 Å². The van der Waals surface area contributed by atoms with Crippen LogP contribution in [0.2, 0.25) is 5.02 Å². The molecule has 6 nitrogen and oxygen atoms in total. The van der Waals surface area contributed by atoms with E-state index in [-0.39, 0.29) is 6.54 Å². The number of piperidine rings is 1. The number of benzene rings is 1. The van der Waals surface area contributed by atoms with Crippen molar-refractivity contribution in [1.82, 2.24) is 10.7 Å². The van der Waals surface area contributed by atoms with Crippen LogP contribution in [0.15, 0.2) is 29.4 Å². The smallest absolute Gasteiger partial charge is 0.329 e. The first-order chi connectivity index (χ1) is 10.5. The van der Waals surface area contributed by atoms with E-state index in [0.717, 1.165) is 37.2 Å². The zero-order chi connectivity index (χ0) is 15.9. The zero-order valence-corrected chi connectivity index (χ0v) is 13.2. The third-order valence-electron chi connectivity index (χ3n) is 3.57. The predicted octanol–water partition coefficient (Wildman–Crippen LogP) is -0.263. The number of hydrogen-bond acceptors (Lipinski definition) is 3. The molecule has 1 aliphatic rings. The predicted molar refractivity (Wildman–Crippen MR) is 84.7 cm³/mol. The van der Waals surface area contributed by atoms with E-state index in [0.29, 0.717) is 5.02 Å². The minimum atomic E-state index is -0.743. The van der Waals surface area contributed by atoms with E-state index in [1.165, 1.54) is 4.90 Å². The highest BCUT2D eigenvalue weighted by atomic mass is 35.5. The lowest BCUT2D eigenvalue weighted by atomic mass is 10.1. The number of hydrogen-bond donors (Lipinski definition) is 3. The fraction of sp³-hybridized carbons (Fsp3) is 0.400. The molecule has 2 amide bonds. The molecule has 0 saturated carbocycles. The van der Waals surface area contributed by atoms with Crippen molar-refractivity contribution in [3.05, 3.63) is 34.9 Å². The van der Waals surface area contributed by atoms with Crippen molar-refractivity contribution in [3.63, 3.8) is 0 Å². The van der Waals surface area contributed by atoms with Gasteiger partial charge in [-0.3, -0.25) is 9.59 Å². The highest BCUT2D eigenvalue weighted by molar-refractivity contribution is 6.35. The molecule has 2 rings (SSSR count). The van der Waals surface area contributed by atoms with E-state index in [2.05, 4.69) is 22.9 Å². The van der Waals surface area contributed by atoms with Crippen molar-refractivity contribution in [2.75, 3.05) is 20.1 Å². The summed E-state index contributed by atoms with van der Waals surface area (Å²) in [5.41, 5.74) is 4.12. The zero-order valence-electron chi connectivity index (χ0n) is 12.5. The van der Waals surface area contributed by atoms with Crippen LogP contribution in [0.25, 0.3) is 0 Å². The van der Waals surface area contributed by atoms with Crippen LogP contribution in [0.3, 0.4) is 0 Å². The van der Waals surface area contributed by atoms with Gasteiger partial charge >= 0.3 is 11.8 Å². The van der Waals surface area contributed by atoms with Crippen LogP contribution in [-0.2, 0) is 16.1 Å². The maximum atomic E-state index is 11.7. The van der Waals surface area contributed by atoms with Gasteiger partial charge < -0.3 is 10.2 Å². The molecule has 0 unspecified atom stereocenters. The molecule has 1 aromatic carbocycles. The second kappa shape index (κ2) is 7.91. The molecule has 1 heterocycles. The fourth-order valence-corrected chi connectivity index (χ4v) is 2.25. The monoisotopic (exact) mass is 323 g/mol. The van der Waals surface area contributed by atoms with Gasteiger partial charge in [0.15, 0.2) is 0 Å². The number of nitrogens with zero attached hydrogens (tertiary/aromatic N) is 1. The summed E-state index contributed by atoms with van der Waals surface area (Å²) in [6.07, 6.45) is 1.69. The topological polar surface area (TPSA) is 75.0 Å². The van der Waals surface area contributed by atoms with Gasteiger partial charge in [0, 0.05) is 30.1 Å². The van der Waals surface area contributed by atoms with Crippen molar-refractivity contribution in [1.29, 1.82) is 0 Å². The lowest BCUT2D eigenvalue weighted by Gasteiger charge is -2.20. The number of halogens is 1. The Morgan fingerprint density at radius 2 is 1.82 bits per heavy atom. The molecule has 1 aliphatic heterocycles. The van der Waals surface area contributed by atoms with E-state index in [9.17, 15) is 9.59 Å². The molecule has 22 heavy (non-hydrogen) atoms. The Balaban J connectivity index is 1.76. The molecule has 118 valence electrons. The van der Waals surface area contributed by atoms with E-state index in [4.69, 9.17) is 11.6 Å². The SMILES string of the molecule is C[NH+]1CCC(=NNC(=O)C(=O)NCc2ccc(Cl)cc2)CC1. The maximum Gasteiger partial charge on any atom is 0.329 e. The summed E-state index contributed by atoms with van der Waals surface area (Å²) in [5.74, 6) is -1.44. The molecular weight excluding hydrogens is 304 g/mol. The minimum Gasteiger partial charge on any atom is -0.344 e. The molecular formula is C15H20ClN4O2+. The molecule has 0 spiro atoms. The first-order valence-electron chi connectivity index (χ1n) is 7.24. The van der Waals surface area contributed by atoms with E-state index in [1.807, 2.05) is 0 Å². The largest absolute Gasteiger partial charge is 0.344 e. The minimum absolute atomic E-state index is 0.272. The van der Waals surface area contributed by atoms with Crippen LogP contribution in [-0.4, -0.2) is 37.7 Å². The third kappa shape index (κ3) is 5.13. The molecule has 1 aromatic rings. The average Bonchev–Trinajstić information content (AvgIpc) is 2.53. The Morgan fingerprint density at radius 3 is 2.45 bits per heavy atom. The van der Waals surface area contributed by atoms with E-state index in [1.54, 1.807) is 24.3 Å². The van der Waals surface area contributed by atoms with Gasteiger partial charge in [-0.15, -0.1) is 0 Å². The van der Waals surface area contributed by atoms with Crippen LogP contribution in [0, 0.1) is 0 Å². The quantitative estimate of drug-likeness (QED) is 0.529. The third-order valence-corrected chi connectivity index (χ3v) is 3.82. The number of carbonyl (C=O) groups is 2. The molecule has 1 fully saturated rings. The summed E-state index contributed by atoms with van der Waals surface area (Å²) in [7, 11) is 2.12. The van der Waals surface area contributed by atoms with Crippen LogP contribution < -0.4 is 15.6 Å². The standard InChI is InChI=1S/C15H19ClN4O2/c1-20-8-6-13(7-9-20)18-19-15(22)14(21)17-10-11-2-4-12(16)5-3-11/h2-5H,6-10H2,1H3,(H,17,21)(H,19,22)/p+1. The lowest BCUT2D eigenvalue weighted by molar-refractivity contribution is -0.880. The number of rotatable bonds is 3. The normalized spacial score (nSPS) is 17.7. The van der Waals surface area contributed by atoms with Gasteiger partial charge in [-0.25, -0.2) is 5.43 Å². The first kappa shape index (κ1) is 16.5. The number of likely N-dealkylation sites (tertiary alicyclic amines) is 1. The summed E-state index contributed by atoms with van der Waals surface area (Å²) < 4.78 is 0. The Morgan fingerprint density at radius 1 is 1.18 bits per heavy atom. The van der Waals surface area contributed by atoms with Gasteiger partial charge in [-0.2, -0.15) is 5.10 Å². The summed E-state index contributed by atoms with van der Waals surface area (Å²) in [4.78, 5) is 24.8. The summed E-state index contributed by atoms with van der Waals surface area (Å²) in [6, 6.07) is 7.05. The Bertz CT molecular complexity index is 561. The van der Waals surface area contributed by atoms with E-state index >= 15 is 0 Å². The van der Waals surface area contributed by atoms with Gasteiger partial charge in [-0.1, -0.05) is 23.7 Å². The molecule has 7 heteroatoms. The van der Waals surface area contributed by atoms with Crippen LogP contribution >= 0.6 is 11.6 Å². The second-order valence-electron chi connectivity index (χ2n) is 5.39. The van der Waals surface area contributed by atoms with Crippen molar-refractivity contribution in [2.24, 2.45) is 5.10 Å². The first-order valence-corrected chi connectivity index (χ1v) is 7.62. The van der Waals surface area contributed by atoms with Gasteiger partial charge in [0.25, 0.3) is 0 Å². The Hall–Kier alpha value is -1.92. The Kier molecular flexibility index (Phi) is 5.91. The number of hydrazone groups is 1. The highest BCUT2D eigenvalue weighted by Crippen LogP contribution is 2.08. The second-order valence-corrected chi connectivity index (χ2v) is 5.82. The molecule has 0 atom stereocenters. The van der Waals surface area contributed by atoms with E-state index < -0.39 is 11.8 Å². The average molecular weight is 324 g/mol. The van der Waals surface area contributed by atoms with Gasteiger partial charge in [0.2, 0.25) is 0 Å². The van der Waals surface area contributed by atoms with Crippen LogP contribution in [0.4, 0.5) is 0 Å². The molecule has 1 saturated heterocycles. The number of nitrogens with one attached hydrogen (secondary N) is 3. The molecule has 0 radical (unpaired) electrons. The number of carbonyl (C=O) groups excluding carboxylic acids is 2. The van der Waals surface area contributed by atoms with Gasteiger partial charge in [-0.05, 0) is 17.7 Å². The molecule has 3 N–H and O–H groups in total.